The van der Waals surface area contributed by atoms with E-state index in [1.807, 2.05) is 25.1 Å². The summed E-state index contributed by atoms with van der Waals surface area (Å²) in [4.78, 5) is 0. The average Bonchev–Trinajstić information content (AvgIpc) is 2.90. The molecule has 3 rings (SSSR count). The van der Waals surface area contributed by atoms with Gasteiger partial charge in [0, 0.05) is 16.5 Å². The van der Waals surface area contributed by atoms with Crippen LogP contribution in [0.3, 0.4) is 0 Å². The van der Waals surface area contributed by atoms with Gasteiger partial charge in [-0.05, 0) is 36.3 Å². The molecule has 0 aliphatic heterocycles. The summed E-state index contributed by atoms with van der Waals surface area (Å²) in [5, 5.41) is 1.42. The van der Waals surface area contributed by atoms with Gasteiger partial charge in [-0.25, -0.2) is 13.2 Å². The molecule has 0 bridgehead atoms. The Morgan fingerprint density at radius 1 is 0.722 bits per heavy atom. The Labute approximate surface area is 215 Å². The van der Waals surface area contributed by atoms with Gasteiger partial charge in [-0.2, -0.15) is 0 Å². The number of unbranched alkanes of at least 4 members (excludes halogenated alkanes) is 7. The third kappa shape index (κ3) is 8.01. The van der Waals surface area contributed by atoms with Gasteiger partial charge in [-0.15, -0.1) is 0 Å². The highest BCUT2D eigenvalue weighted by Gasteiger charge is 2.22. The van der Waals surface area contributed by atoms with E-state index in [1.54, 1.807) is 30.3 Å². The number of hydrogen-bond donors (Lipinski definition) is 0. The molecule has 0 aliphatic carbocycles. The second-order valence-electron chi connectivity index (χ2n) is 9.84. The van der Waals surface area contributed by atoms with Gasteiger partial charge in [0.05, 0.1) is 0 Å². The highest BCUT2D eigenvalue weighted by atomic mass is 19.2. The Kier molecular flexibility index (Phi) is 11.6. The van der Waals surface area contributed by atoms with Crippen LogP contribution in [0.15, 0.2) is 54.6 Å². The molecule has 3 aromatic carbocycles. The topological polar surface area (TPSA) is 9.23 Å². The number of alkyl halides is 2. The van der Waals surface area contributed by atoms with E-state index in [9.17, 15) is 8.78 Å². The minimum absolute atomic E-state index is 0.195. The summed E-state index contributed by atoms with van der Waals surface area (Å²) in [6.45, 7) is 3.87. The quantitative estimate of drug-likeness (QED) is 0.179. The van der Waals surface area contributed by atoms with Crippen LogP contribution in [-0.2, 0) is 6.42 Å². The van der Waals surface area contributed by atoms with E-state index >= 15 is 4.39 Å². The third-order valence-electron chi connectivity index (χ3n) is 6.89. The Bertz CT molecular complexity index is 1060. The van der Waals surface area contributed by atoms with Crippen molar-refractivity contribution in [2.45, 2.75) is 96.8 Å². The number of para-hydroxylation sites is 1. The van der Waals surface area contributed by atoms with Gasteiger partial charge in [-0.3, -0.25) is 0 Å². The van der Waals surface area contributed by atoms with Gasteiger partial charge in [0.2, 0.25) is 0 Å². The molecule has 0 saturated heterocycles. The van der Waals surface area contributed by atoms with Gasteiger partial charge < -0.3 is 4.74 Å². The van der Waals surface area contributed by atoms with E-state index < -0.39 is 12.3 Å². The lowest BCUT2D eigenvalue weighted by molar-refractivity contribution is 0.102. The van der Waals surface area contributed by atoms with Crippen molar-refractivity contribution >= 4 is 10.8 Å². The Morgan fingerprint density at radius 2 is 1.44 bits per heavy atom. The zero-order valence-electron chi connectivity index (χ0n) is 21.9. The predicted molar refractivity (Wildman–Crippen MR) is 146 cm³/mol. The number of halogens is 3. The molecular weight excluding hydrogens is 457 g/mol. The van der Waals surface area contributed by atoms with Crippen molar-refractivity contribution in [3.05, 3.63) is 66.0 Å². The lowest BCUT2D eigenvalue weighted by Gasteiger charge is -2.17. The first-order valence-corrected chi connectivity index (χ1v) is 13.8. The fraction of sp³-hybridized carbons (Fsp3) is 0.500. The smallest absolute Gasteiger partial charge is 0.165 e. The summed E-state index contributed by atoms with van der Waals surface area (Å²) in [6, 6.07) is 16.6. The van der Waals surface area contributed by atoms with Crippen molar-refractivity contribution < 1.29 is 17.9 Å². The van der Waals surface area contributed by atoms with Crippen LogP contribution in [-0.4, -0.2) is 19.0 Å². The van der Waals surface area contributed by atoms with Gasteiger partial charge in [-0.1, -0.05) is 114 Å². The highest BCUT2D eigenvalue weighted by molar-refractivity contribution is 5.89. The van der Waals surface area contributed by atoms with Crippen molar-refractivity contribution in [3.63, 3.8) is 0 Å². The van der Waals surface area contributed by atoms with E-state index in [0.29, 0.717) is 28.7 Å². The fourth-order valence-electron chi connectivity index (χ4n) is 4.67. The van der Waals surface area contributed by atoms with Gasteiger partial charge in [0.15, 0.2) is 6.17 Å². The monoisotopic (exact) mass is 498 g/mol. The minimum atomic E-state index is -1.71. The standard InChI is InChI=1S/C32H41F3O/c1-3-5-7-8-9-11-14-24-18-20-26-25(22-24)19-21-28(32(26)35)27-15-12-13-17-31(27)36-23-30(34)29(33)16-10-6-4-2/h12-13,15,17-22,29-30H,3-11,14,16,23H2,1-2H3. The molecule has 0 radical (unpaired) electrons. The molecule has 1 nitrogen and oxygen atoms in total. The number of ether oxygens (including phenoxy) is 1. The van der Waals surface area contributed by atoms with Crippen molar-refractivity contribution in [1.82, 2.24) is 0 Å². The summed E-state index contributed by atoms with van der Waals surface area (Å²) >= 11 is 0. The molecule has 0 aliphatic rings. The molecule has 0 amide bonds. The summed E-state index contributed by atoms with van der Waals surface area (Å²) in [5.41, 5.74) is 2.17. The second kappa shape index (κ2) is 14.9. The molecular formula is C32H41F3O. The third-order valence-corrected chi connectivity index (χ3v) is 6.89. The predicted octanol–water partition coefficient (Wildman–Crippen LogP) is 10.2. The molecule has 2 unspecified atom stereocenters. The zero-order valence-corrected chi connectivity index (χ0v) is 21.9. The first kappa shape index (κ1) is 28.1. The molecule has 0 saturated carbocycles. The van der Waals surface area contributed by atoms with E-state index in [1.165, 1.54) is 37.7 Å². The van der Waals surface area contributed by atoms with Crippen molar-refractivity contribution in [2.75, 3.05) is 6.61 Å². The van der Waals surface area contributed by atoms with Crippen molar-refractivity contribution in [3.8, 4) is 16.9 Å². The van der Waals surface area contributed by atoms with Crippen LogP contribution in [0.5, 0.6) is 5.75 Å². The summed E-state index contributed by atoms with van der Waals surface area (Å²) in [7, 11) is 0. The van der Waals surface area contributed by atoms with Gasteiger partial charge >= 0.3 is 0 Å². The van der Waals surface area contributed by atoms with Crippen LogP contribution in [0, 0.1) is 5.82 Å². The zero-order chi connectivity index (χ0) is 25.8. The maximum Gasteiger partial charge on any atom is 0.165 e. The van der Waals surface area contributed by atoms with Gasteiger partial charge in [0.1, 0.15) is 24.3 Å². The first-order chi connectivity index (χ1) is 17.5. The summed E-state index contributed by atoms with van der Waals surface area (Å²) in [5.74, 6) is 0.0354. The van der Waals surface area contributed by atoms with E-state index in [-0.39, 0.29) is 18.8 Å². The van der Waals surface area contributed by atoms with Gasteiger partial charge in [0.25, 0.3) is 0 Å². The fourth-order valence-corrected chi connectivity index (χ4v) is 4.67. The van der Waals surface area contributed by atoms with Crippen LogP contribution >= 0.6 is 0 Å². The van der Waals surface area contributed by atoms with Crippen LogP contribution in [0.25, 0.3) is 21.9 Å². The molecule has 196 valence electrons. The lowest BCUT2D eigenvalue weighted by Crippen LogP contribution is -2.24. The first-order valence-electron chi connectivity index (χ1n) is 13.8. The molecule has 4 heteroatoms. The molecule has 36 heavy (non-hydrogen) atoms. The summed E-state index contributed by atoms with van der Waals surface area (Å²) < 4.78 is 49.8. The van der Waals surface area contributed by atoms with Crippen molar-refractivity contribution in [2.24, 2.45) is 0 Å². The number of benzene rings is 3. The molecule has 0 heterocycles. The van der Waals surface area contributed by atoms with Crippen LogP contribution in [0.1, 0.15) is 83.6 Å². The molecule has 2 atom stereocenters. The lowest BCUT2D eigenvalue weighted by atomic mass is 9.97. The Morgan fingerprint density at radius 3 is 2.25 bits per heavy atom. The SMILES string of the molecule is CCCCCCCCc1ccc2c(F)c(-c3ccccc3OCC(F)C(F)CCCCC)ccc2c1. The molecule has 0 fully saturated rings. The number of hydrogen-bond acceptors (Lipinski definition) is 1. The summed E-state index contributed by atoms with van der Waals surface area (Å²) in [6.07, 6.45) is 7.95. The molecule has 0 spiro atoms. The van der Waals surface area contributed by atoms with E-state index in [2.05, 4.69) is 13.0 Å². The number of rotatable bonds is 16. The van der Waals surface area contributed by atoms with E-state index in [0.717, 1.165) is 31.1 Å². The second-order valence-corrected chi connectivity index (χ2v) is 9.84. The average molecular weight is 499 g/mol. The molecule has 0 N–H and O–H groups in total. The molecule has 0 aromatic heterocycles. The highest BCUT2D eigenvalue weighted by Crippen LogP contribution is 2.35. The minimum Gasteiger partial charge on any atom is -0.490 e. The maximum absolute atomic E-state index is 15.6. The normalized spacial score (nSPS) is 13.1. The molecule has 3 aromatic rings. The van der Waals surface area contributed by atoms with E-state index in [4.69, 9.17) is 4.74 Å². The largest absolute Gasteiger partial charge is 0.490 e. The van der Waals surface area contributed by atoms with Crippen LogP contribution in [0.4, 0.5) is 13.2 Å². The Balaban J connectivity index is 1.69. The van der Waals surface area contributed by atoms with Crippen LogP contribution in [0.2, 0.25) is 0 Å². The van der Waals surface area contributed by atoms with Crippen LogP contribution < -0.4 is 4.74 Å². The number of fused-ring (bicyclic) bond motifs is 1. The Hall–Kier alpha value is -2.49. The maximum atomic E-state index is 15.6. The number of aryl methyl sites for hydroxylation is 1. The van der Waals surface area contributed by atoms with Crippen molar-refractivity contribution in [1.29, 1.82) is 0 Å².